The minimum atomic E-state index is -0.759. The summed E-state index contributed by atoms with van der Waals surface area (Å²) in [6.45, 7) is 1.74. The van der Waals surface area contributed by atoms with E-state index in [1.807, 2.05) is 12.1 Å². The Bertz CT molecular complexity index is 766. The number of methoxy groups -OCH3 is 2. The number of aromatic hydroxyl groups is 1. The third-order valence-electron chi connectivity index (χ3n) is 4.10. The molecule has 0 saturated heterocycles. The number of hydrogen-bond acceptors (Lipinski definition) is 5. The van der Waals surface area contributed by atoms with Crippen molar-refractivity contribution in [3.63, 3.8) is 0 Å². The molecule has 5 nitrogen and oxygen atoms in total. The Morgan fingerprint density at radius 1 is 1.17 bits per heavy atom. The summed E-state index contributed by atoms with van der Waals surface area (Å²) in [4.78, 5) is 12.5. The van der Waals surface area contributed by atoms with Crippen molar-refractivity contribution in [3.05, 3.63) is 47.0 Å². The topological polar surface area (TPSA) is 65.0 Å². The highest BCUT2D eigenvalue weighted by molar-refractivity contribution is 5.90. The standard InChI is InChI=1S/C18H18O5/c1-10-15(22-3)9-16-12(17(10)20)8-13(19)18(23-16)11-6-4-5-7-14(11)21-2/h4-7,9,18,20H,8H2,1-3H3. The predicted molar refractivity (Wildman–Crippen MR) is 84.5 cm³/mol. The Morgan fingerprint density at radius 3 is 2.57 bits per heavy atom. The van der Waals surface area contributed by atoms with Crippen LogP contribution in [0.5, 0.6) is 23.0 Å². The highest BCUT2D eigenvalue weighted by Gasteiger charge is 2.34. The highest BCUT2D eigenvalue weighted by Crippen LogP contribution is 2.44. The van der Waals surface area contributed by atoms with E-state index in [0.717, 1.165) is 0 Å². The minimum Gasteiger partial charge on any atom is -0.507 e. The van der Waals surface area contributed by atoms with E-state index in [2.05, 4.69) is 0 Å². The van der Waals surface area contributed by atoms with Gasteiger partial charge in [0, 0.05) is 29.2 Å². The third kappa shape index (κ3) is 2.48. The van der Waals surface area contributed by atoms with E-state index in [-0.39, 0.29) is 18.0 Å². The lowest BCUT2D eigenvalue weighted by Gasteiger charge is -2.27. The third-order valence-corrected chi connectivity index (χ3v) is 4.10. The number of fused-ring (bicyclic) bond motifs is 1. The van der Waals surface area contributed by atoms with Crippen LogP contribution in [0.3, 0.4) is 0 Å². The summed E-state index contributed by atoms with van der Waals surface area (Å²) in [5.74, 6) is 1.50. The van der Waals surface area contributed by atoms with E-state index in [1.54, 1.807) is 32.2 Å². The molecule has 1 aliphatic rings. The van der Waals surface area contributed by atoms with Gasteiger partial charge in [0.1, 0.15) is 23.0 Å². The molecular formula is C18H18O5. The van der Waals surface area contributed by atoms with E-state index < -0.39 is 6.10 Å². The van der Waals surface area contributed by atoms with E-state index in [1.165, 1.54) is 7.11 Å². The number of ketones is 1. The Balaban J connectivity index is 2.07. The maximum Gasteiger partial charge on any atom is 0.186 e. The van der Waals surface area contributed by atoms with E-state index in [4.69, 9.17) is 14.2 Å². The molecule has 1 N–H and O–H groups in total. The number of phenolic OH excluding ortho intramolecular Hbond substituents is 1. The lowest BCUT2D eigenvalue weighted by Crippen LogP contribution is -2.26. The smallest absolute Gasteiger partial charge is 0.186 e. The summed E-state index contributed by atoms with van der Waals surface area (Å²) < 4.78 is 16.5. The van der Waals surface area contributed by atoms with Crippen LogP contribution in [0.1, 0.15) is 22.8 Å². The second-order valence-corrected chi connectivity index (χ2v) is 5.41. The van der Waals surface area contributed by atoms with Gasteiger partial charge in [-0.25, -0.2) is 0 Å². The maximum absolute atomic E-state index is 12.5. The van der Waals surface area contributed by atoms with Crippen molar-refractivity contribution in [1.29, 1.82) is 0 Å². The van der Waals surface area contributed by atoms with Crippen molar-refractivity contribution >= 4 is 5.78 Å². The Morgan fingerprint density at radius 2 is 1.87 bits per heavy atom. The summed E-state index contributed by atoms with van der Waals surface area (Å²) in [5.41, 5.74) is 1.77. The van der Waals surface area contributed by atoms with Crippen molar-refractivity contribution in [2.45, 2.75) is 19.4 Å². The molecule has 0 amide bonds. The Labute approximate surface area is 134 Å². The first-order valence-electron chi connectivity index (χ1n) is 7.28. The fourth-order valence-corrected chi connectivity index (χ4v) is 2.84. The van der Waals surface area contributed by atoms with Gasteiger partial charge in [-0.05, 0) is 13.0 Å². The molecule has 1 heterocycles. The quantitative estimate of drug-likeness (QED) is 0.943. The zero-order chi connectivity index (χ0) is 16.6. The average molecular weight is 314 g/mol. The van der Waals surface area contributed by atoms with Gasteiger partial charge in [-0.3, -0.25) is 4.79 Å². The number of phenols is 1. The van der Waals surface area contributed by atoms with Crippen molar-refractivity contribution in [2.24, 2.45) is 0 Å². The van der Waals surface area contributed by atoms with Gasteiger partial charge >= 0.3 is 0 Å². The van der Waals surface area contributed by atoms with Crippen molar-refractivity contribution in [1.82, 2.24) is 0 Å². The monoisotopic (exact) mass is 314 g/mol. The molecule has 0 fully saturated rings. The first kappa shape index (κ1) is 15.2. The molecule has 1 aliphatic heterocycles. The van der Waals surface area contributed by atoms with Crippen LogP contribution in [0, 0.1) is 6.92 Å². The van der Waals surface area contributed by atoms with Gasteiger partial charge in [0.25, 0.3) is 0 Å². The van der Waals surface area contributed by atoms with Crippen molar-refractivity contribution < 1.29 is 24.1 Å². The van der Waals surface area contributed by atoms with Crippen LogP contribution in [-0.4, -0.2) is 25.1 Å². The molecule has 1 atom stereocenters. The van der Waals surface area contributed by atoms with Crippen molar-refractivity contribution in [3.8, 4) is 23.0 Å². The van der Waals surface area contributed by atoms with Gasteiger partial charge in [-0.1, -0.05) is 18.2 Å². The van der Waals surface area contributed by atoms with E-state index in [0.29, 0.717) is 33.9 Å². The molecule has 120 valence electrons. The second-order valence-electron chi connectivity index (χ2n) is 5.41. The molecule has 3 rings (SSSR count). The maximum atomic E-state index is 12.5. The fraction of sp³-hybridized carbons (Fsp3) is 0.278. The number of benzene rings is 2. The van der Waals surface area contributed by atoms with Gasteiger partial charge in [0.2, 0.25) is 0 Å². The number of Topliss-reactive ketones (excluding diaryl/α,β-unsaturated/α-hetero) is 1. The molecule has 2 aromatic carbocycles. The number of para-hydroxylation sites is 1. The molecular weight excluding hydrogens is 296 g/mol. The van der Waals surface area contributed by atoms with Crippen LogP contribution in [0.4, 0.5) is 0 Å². The van der Waals surface area contributed by atoms with Crippen LogP contribution in [0.2, 0.25) is 0 Å². The van der Waals surface area contributed by atoms with E-state index in [9.17, 15) is 9.90 Å². The first-order chi connectivity index (χ1) is 11.1. The van der Waals surface area contributed by atoms with Gasteiger partial charge in [0.15, 0.2) is 11.9 Å². The molecule has 0 spiro atoms. The number of carbonyl (C=O) groups excluding carboxylic acids is 1. The Hall–Kier alpha value is -2.69. The average Bonchev–Trinajstić information content (AvgIpc) is 2.58. The summed E-state index contributed by atoms with van der Waals surface area (Å²) in [6.07, 6.45) is -0.653. The normalized spacial score (nSPS) is 16.5. The zero-order valence-corrected chi connectivity index (χ0v) is 13.3. The predicted octanol–water partition coefficient (Wildman–Crippen LogP) is 2.96. The van der Waals surface area contributed by atoms with Gasteiger partial charge in [0.05, 0.1) is 14.2 Å². The summed E-state index contributed by atoms with van der Waals surface area (Å²) in [7, 11) is 3.08. The number of ether oxygens (including phenoxy) is 3. The lowest BCUT2D eigenvalue weighted by molar-refractivity contribution is -0.126. The molecule has 0 aromatic heterocycles. The van der Waals surface area contributed by atoms with E-state index >= 15 is 0 Å². The molecule has 5 heteroatoms. The SMILES string of the molecule is COc1ccccc1C1Oc2cc(OC)c(C)c(O)c2CC1=O. The van der Waals surface area contributed by atoms with Gasteiger partial charge in [-0.2, -0.15) is 0 Å². The van der Waals surface area contributed by atoms with Crippen molar-refractivity contribution in [2.75, 3.05) is 14.2 Å². The molecule has 23 heavy (non-hydrogen) atoms. The summed E-state index contributed by atoms with van der Waals surface area (Å²) in [5, 5.41) is 10.3. The van der Waals surface area contributed by atoms with Crippen LogP contribution >= 0.6 is 0 Å². The highest BCUT2D eigenvalue weighted by atomic mass is 16.5. The molecule has 0 aliphatic carbocycles. The summed E-state index contributed by atoms with van der Waals surface area (Å²) >= 11 is 0. The lowest BCUT2D eigenvalue weighted by atomic mass is 9.93. The number of carbonyl (C=O) groups is 1. The molecule has 0 bridgehead atoms. The van der Waals surface area contributed by atoms with Crippen LogP contribution < -0.4 is 14.2 Å². The number of rotatable bonds is 3. The van der Waals surface area contributed by atoms with Gasteiger partial charge < -0.3 is 19.3 Å². The number of hydrogen-bond donors (Lipinski definition) is 1. The molecule has 0 saturated carbocycles. The molecule has 1 unspecified atom stereocenters. The van der Waals surface area contributed by atoms with Crippen LogP contribution in [0.25, 0.3) is 0 Å². The molecule has 0 radical (unpaired) electrons. The van der Waals surface area contributed by atoms with Gasteiger partial charge in [-0.15, -0.1) is 0 Å². The first-order valence-corrected chi connectivity index (χ1v) is 7.28. The Kier molecular flexibility index (Phi) is 3.86. The fourth-order valence-electron chi connectivity index (χ4n) is 2.84. The zero-order valence-electron chi connectivity index (χ0n) is 13.3. The van der Waals surface area contributed by atoms with Crippen LogP contribution in [-0.2, 0) is 11.2 Å². The van der Waals surface area contributed by atoms with Crippen LogP contribution in [0.15, 0.2) is 30.3 Å². The largest absolute Gasteiger partial charge is 0.507 e. The molecule has 2 aromatic rings. The minimum absolute atomic E-state index is 0.0474. The summed E-state index contributed by atoms with van der Waals surface area (Å²) in [6, 6.07) is 8.96. The second kappa shape index (κ2) is 5.83.